The van der Waals surface area contributed by atoms with Crippen molar-refractivity contribution in [3.05, 3.63) is 34.9 Å². The van der Waals surface area contributed by atoms with Crippen LogP contribution < -0.4 is 0 Å². The zero-order chi connectivity index (χ0) is 10.7. The summed E-state index contributed by atoms with van der Waals surface area (Å²) < 4.78 is 0. The van der Waals surface area contributed by atoms with Gasteiger partial charge >= 0.3 is 5.97 Å². The number of hydrogen-bond donors (Lipinski definition) is 0. The van der Waals surface area contributed by atoms with Gasteiger partial charge in [0.2, 0.25) is 0 Å². The molecule has 75 valence electrons. The van der Waals surface area contributed by atoms with E-state index >= 15 is 0 Å². The molecule has 14 heavy (non-hydrogen) atoms. The van der Waals surface area contributed by atoms with Crippen LogP contribution in [0.5, 0.6) is 0 Å². The monoisotopic (exact) mass is 211 g/mol. The maximum Gasteiger partial charge on any atom is 0.363 e. The summed E-state index contributed by atoms with van der Waals surface area (Å²) in [6.07, 6.45) is 0. The molecule has 0 aliphatic carbocycles. The van der Waals surface area contributed by atoms with Gasteiger partial charge in [-0.1, -0.05) is 37.6 Å². The molecule has 3 heteroatoms. The normalized spacial score (nSPS) is 12.9. The molecule has 2 nitrogen and oxygen atoms in total. The molecule has 0 saturated carbocycles. The maximum absolute atomic E-state index is 10.9. The van der Waals surface area contributed by atoms with E-state index in [1.807, 2.05) is 13.8 Å². The summed E-state index contributed by atoms with van der Waals surface area (Å²) in [4.78, 5) is 10.9. The van der Waals surface area contributed by atoms with E-state index in [4.69, 9.17) is 11.6 Å². The lowest BCUT2D eigenvalue weighted by Crippen LogP contribution is -2.16. The Morgan fingerprint density at radius 1 is 1.21 bits per heavy atom. The van der Waals surface area contributed by atoms with E-state index in [9.17, 15) is 9.90 Å². The summed E-state index contributed by atoms with van der Waals surface area (Å²) in [5, 5.41) is 11.5. The van der Waals surface area contributed by atoms with Crippen LogP contribution in [-0.2, 0) is 9.90 Å². The summed E-state index contributed by atoms with van der Waals surface area (Å²) in [6, 6.07) is 6.83. The van der Waals surface area contributed by atoms with E-state index < -0.39 is 11.9 Å². The maximum atomic E-state index is 10.9. The van der Waals surface area contributed by atoms with Gasteiger partial charge in [0, 0.05) is 5.02 Å². The van der Waals surface area contributed by atoms with Crippen molar-refractivity contribution in [2.75, 3.05) is 0 Å². The number of benzene rings is 1. The van der Waals surface area contributed by atoms with E-state index in [1.54, 1.807) is 24.3 Å². The first-order valence-electron chi connectivity index (χ1n) is 4.48. The van der Waals surface area contributed by atoms with Gasteiger partial charge in [-0.2, -0.15) is 0 Å². The number of hydrogen-bond acceptors (Lipinski definition) is 1. The Morgan fingerprint density at radius 2 is 1.71 bits per heavy atom. The zero-order valence-electron chi connectivity index (χ0n) is 8.16. The summed E-state index contributed by atoms with van der Waals surface area (Å²) in [5.74, 6) is -1.59. The molecule has 1 rings (SSSR count). The zero-order valence-corrected chi connectivity index (χ0v) is 8.91. The highest BCUT2D eigenvalue weighted by Gasteiger charge is 2.24. The Morgan fingerprint density at radius 3 is 2.07 bits per heavy atom. The van der Waals surface area contributed by atoms with E-state index in [1.165, 1.54) is 0 Å². The lowest BCUT2D eigenvalue weighted by atomic mass is 9.89. The molecule has 1 radical (unpaired) electrons. The Labute approximate surface area is 88.5 Å². The number of carbonyl (C=O) groups excluding carboxylic acids is 1. The molecular formula is C11H12ClO2. The van der Waals surface area contributed by atoms with E-state index in [2.05, 4.69) is 0 Å². The molecular weight excluding hydrogens is 200 g/mol. The van der Waals surface area contributed by atoms with Gasteiger partial charge in [-0.3, -0.25) is 0 Å². The van der Waals surface area contributed by atoms with Crippen LogP contribution in [0.2, 0.25) is 5.02 Å². The Kier molecular flexibility index (Phi) is 3.53. The van der Waals surface area contributed by atoms with Gasteiger partial charge in [-0.15, -0.1) is 0 Å². The number of carbonyl (C=O) groups is 1. The molecule has 1 unspecified atom stereocenters. The van der Waals surface area contributed by atoms with Gasteiger partial charge in [0.05, 0.1) is 5.92 Å². The molecule has 0 aliphatic heterocycles. The molecule has 0 spiro atoms. The largest absolute Gasteiger partial charge is 0.363 e. The number of halogens is 1. The molecule has 1 aromatic carbocycles. The van der Waals surface area contributed by atoms with Crippen molar-refractivity contribution in [2.24, 2.45) is 5.92 Å². The highest BCUT2D eigenvalue weighted by molar-refractivity contribution is 6.30. The minimum absolute atomic E-state index is 0.0150. The predicted molar refractivity (Wildman–Crippen MR) is 54.7 cm³/mol. The molecule has 0 bridgehead atoms. The fourth-order valence-corrected chi connectivity index (χ4v) is 1.59. The van der Waals surface area contributed by atoms with Gasteiger partial charge in [-0.25, -0.2) is 9.90 Å². The Hall–Kier alpha value is -1.02. The van der Waals surface area contributed by atoms with Gasteiger partial charge < -0.3 is 0 Å². The fourth-order valence-electron chi connectivity index (χ4n) is 1.46. The fraction of sp³-hybridized carbons (Fsp3) is 0.364. The van der Waals surface area contributed by atoms with Gasteiger partial charge in [0.25, 0.3) is 0 Å². The van der Waals surface area contributed by atoms with Gasteiger partial charge in [0.1, 0.15) is 0 Å². The summed E-state index contributed by atoms with van der Waals surface area (Å²) in [6.45, 7) is 3.71. The third-order valence-corrected chi connectivity index (χ3v) is 2.40. The molecule has 0 aliphatic rings. The second kappa shape index (κ2) is 4.47. The van der Waals surface area contributed by atoms with Crippen molar-refractivity contribution in [2.45, 2.75) is 19.8 Å². The van der Waals surface area contributed by atoms with Crippen LogP contribution in [-0.4, -0.2) is 5.97 Å². The smallest absolute Gasteiger partial charge is 0.247 e. The van der Waals surface area contributed by atoms with Crippen molar-refractivity contribution in [1.29, 1.82) is 0 Å². The topological polar surface area (TPSA) is 37.0 Å². The van der Waals surface area contributed by atoms with Crippen molar-refractivity contribution in [3.8, 4) is 0 Å². The highest BCUT2D eigenvalue weighted by Crippen LogP contribution is 2.25. The molecule has 0 aromatic heterocycles. The molecule has 0 amide bonds. The molecule has 0 fully saturated rings. The molecule has 0 N–H and O–H groups in total. The first kappa shape index (κ1) is 11.1. The lowest BCUT2D eigenvalue weighted by molar-refractivity contribution is -0.146. The molecule has 0 saturated heterocycles. The van der Waals surface area contributed by atoms with Gasteiger partial charge in [0.15, 0.2) is 0 Å². The molecule has 0 heterocycles. The van der Waals surface area contributed by atoms with Gasteiger partial charge in [-0.05, 0) is 23.6 Å². The van der Waals surface area contributed by atoms with Crippen LogP contribution in [0.3, 0.4) is 0 Å². The standard InChI is InChI=1S/C11H12ClO2/c1-7(2)10(11(13)14)8-3-5-9(12)6-4-8/h3-7,10H,1-2H3. The SMILES string of the molecule is CC(C)C(C([O])=O)c1ccc(Cl)cc1. The number of rotatable bonds is 3. The lowest BCUT2D eigenvalue weighted by Gasteiger charge is -2.14. The van der Waals surface area contributed by atoms with Crippen LogP contribution in [0.4, 0.5) is 0 Å². The van der Waals surface area contributed by atoms with Crippen molar-refractivity contribution in [1.82, 2.24) is 0 Å². The van der Waals surface area contributed by atoms with Crippen LogP contribution >= 0.6 is 11.6 Å². The Bertz CT molecular complexity index is 317. The summed E-state index contributed by atoms with van der Waals surface area (Å²) in [5.41, 5.74) is 0.740. The van der Waals surface area contributed by atoms with Crippen molar-refractivity contribution in [3.63, 3.8) is 0 Å². The van der Waals surface area contributed by atoms with E-state index in [0.29, 0.717) is 5.02 Å². The first-order valence-corrected chi connectivity index (χ1v) is 4.86. The average molecular weight is 212 g/mol. The average Bonchev–Trinajstić information content (AvgIpc) is 2.07. The van der Waals surface area contributed by atoms with Crippen LogP contribution in [0.15, 0.2) is 24.3 Å². The predicted octanol–water partition coefficient (Wildman–Crippen LogP) is 3.04. The Balaban J connectivity index is 3.00. The second-order valence-electron chi connectivity index (χ2n) is 3.59. The minimum atomic E-state index is -1.04. The van der Waals surface area contributed by atoms with Crippen molar-refractivity contribution < 1.29 is 9.90 Å². The quantitative estimate of drug-likeness (QED) is 0.757. The van der Waals surface area contributed by atoms with Crippen molar-refractivity contribution >= 4 is 17.6 Å². The second-order valence-corrected chi connectivity index (χ2v) is 4.03. The first-order chi connectivity index (χ1) is 6.52. The third-order valence-electron chi connectivity index (χ3n) is 2.15. The summed E-state index contributed by atoms with van der Waals surface area (Å²) in [7, 11) is 0. The molecule has 1 atom stereocenters. The van der Waals surface area contributed by atoms with Crippen LogP contribution in [0.1, 0.15) is 25.3 Å². The minimum Gasteiger partial charge on any atom is -0.247 e. The van der Waals surface area contributed by atoms with Crippen LogP contribution in [0, 0.1) is 5.92 Å². The molecule has 1 aromatic rings. The highest BCUT2D eigenvalue weighted by atomic mass is 35.5. The van der Waals surface area contributed by atoms with Crippen LogP contribution in [0.25, 0.3) is 0 Å². The van der Waals surface area contributed by atoms with E-state index in [-0.39, 0.29) is 5.92 Å². The van der Waals surface area contributed by atoms with E-state index in [0.717, 1.165) is 5.56 Å². The third kappa shape index (κ3) is 2.48. The summed E-state index contributed by atoms with van der Waals surface area (Å²) >= 11 is 5.71.